The lowest BCUT2D eigenvalue weighted by Gasteiger charge is -2.22. The number of halogens is 1. The first kappa shape index (κ1) is 23.3. The van der Waals surface area contributed by atoms with E-state index < -0.39 is 34.5 Å². The van der Waals surface area contributed by atoms with Crippen LogP contribution in [-0.4, -0.2) is 49.5 Å². The number of carbonyl (C=O) groups excluding carboxylic acids is 2. The van der Waals surface area contributed by atoms with Crippen molar-refractivity contribution in [2.75, 3.05) is 18.9 Å². The minimum Gasteiger partial charge on any atom is -0.459 e. The average Bonchev–Trinajstić information content (AvgIpc) is 3.41. The highest BCUT2D eigenvalue weighted by atomic mass is 35.5. The predicted octanol–water partition coefficient (Wildman–Crippen LogP) is 2.96. The minimum absolute atomic E-state index is 0.0155. The Morgan fingerprint density at radius 2 is 1.97 bits per heavy atom. The van der Waals surface area contributed by atoms with Crippen LogP contribution in [0.15, 0.2) is 40.8 Å². The van der Waals surface area contributed by atoms with Crippen molar-refractivity contribution >= 4 is 33.5 Å². The number of benzene rings is 1. The van der Waals surface area contributed by atoms with Crippen molar-refractivity contribution in [2.24, 2.45) is 0 Å². The number of nitrogens with one attached hydrogen (secondary N) is 1. The van der Waals surface area contributed by atoms with Gasteiger partial charge in [0.25, 0.3) is 5.91 Å². The number of esters is 1. The molecule has 31 heavy (non-hydrogen) atoms. The summed E-state index contributed by atoms with van der Waals surface area (Å²) < 4.78 is 36.5. The maximum atomic E-state index is 12.3. The lowest BCUT2D eigenvalue weighted by atomic mass is 10.2. The summed E-state index contributed by atoms with van der Waals surface area (Å²) in [5.74, 6) is -0.0355. The van der Waals surface area contributed by atoms with Crippen molar-refractivity contribution in [3.05, 3.63) is 47.2 Å². The van der Waals surface area contributed by atoms with E-state index in [1.54, 1.807) is 31.2 Å². The first-order valence-electron chi connectivity index (χ1n) is 10.1. The highest BCUT2D eigenvalue weighted by Crippen LogP contribution is 2.24. The summed E-state index contributed by atoms with van der Waals surface area (Å²) in [7, 11) is -3.50. The van der Waals surface area contributed by atoms with Gasteiger partial charge in [-0.1, -0.05) is 18.5 Å². The van der Waals surface area contributed by atoms with Crippen LogP contribution in [0.1, 0.15) is 31.9 Å². The van der Waals surface area contributed by atoms with Gasteiger partial charge in [-0.05, 0) is 55.7 Å². The third-order valence-electron chi connectivity index (χ3n) is 4.89. The molecule has 1 atom stereocenters. The number of ether oxygens (including phenoxy) is 1. The summed E-state index contributed by atoms with van der Waals surface area (Å²) in [5.41, 5.74) is 0.857. The second kappa shape index (κ2) is 10.3. The van der Waals surface area contributed by atoms with Gasteiger partial charge in [-0.3, -0.25) is 9.59 Å². The normalized spacial score (nSPS) is 16.9. The Bertz CT molecular complexity index is 1020. The van der Waals surface area contributed by atoms with Crippen LogP contribution in [0.4, 0.5) is 0 Å². The number of sulfonamides is 1. The zero-order chi connectivity index (χ0) is 22.4. The molecule has 0 bridgehead atoms. The van der Waals surface area contributed by atoms with E-state index in [1.165, 1.54) is 4.31 Å². The van der Waals surface area contributed by atoms with Crippen molar-refractivity contribution < 1.29 is 27.2 Å². The number of rotatable bonds is 9. The Morgan fingerprint density at radius 1 is 1.23 bits per heavy atom. The number of carbonyl (C=O) groups is 2. The van der Waals surface area contributed by atoms with Crippen molar-refractivity contribution in [3.63, 3.8) is 0 Å². The molecule has 2 heterocycles. The van der Waals surface area contributed by atoms with Crippen LogP contribution in [0, 0.1) is 0 Å². The Morgan fingerprint density at radius 3 is 2.68 bits per heavy atom. The highest BCUT2D eigenvalue weighted by Gasteiger charge is 2.39. The lowest BCUT2D eigenvalue weighted by molar-refractivity contribution is -0.151. The summed E-state index contributed by atoms with van der Waals surface area (Å²) in [5, 5.41) is 3.24. The molecule has 1 unspecified atom stereocenters. The molecule has 1 aliphatic heterocycles. The number of nitrogens with zero attached hydrogens (tertiary/aromatic N) is 1. The van der Waals surface area contributed by atoms with Gasteiger partial charge < -0.3 is 14.5 Å². The summed E-state index contributed by atoms with van der Waals surface area (Å²) in [4.78, 5) is 24.4. The summed E-state index contributed by atoms with van der Waals surface area (Å²) in [6, 6.07) is 9.84. The molecular formula is C21H25ClN2O6S. The standard InChI is InChI=1S/C21H25ClN2O6S/c1-2-12-31(27,28)24-11-3-4-18(24)21(26)29-14-20(25)23-13-17-9-10-19(30-17)15-5-7-16(22)8-6-15/h5-10,18H,2-4,11-14H2,1H3,(H,23,25). The molecule has 1 fully saturated rings. The molecule has 0 aliphatic carbocycles. The zero-order valence-electron chi connectivity index (χ0n) is 17.2. The van der Waals surface area contributed by atoms with E-state index in [-0.39, 0.29) is 12.3 Å². The van der Waals surface area contributed by atoms with Crippen LogP contribution >= 0.6 is 11.6 Å². The fourth-order valence-corrected chi connectivity index (χ4v) is 5.26. The third kappa shape index (κ3) is 6.09. The molecule has 2 aromatic rings. The highest BCUT2D eigenvalue weighted by molar-refractivity contribution is 7.89. The van der Waals surface area contributed by atoms with Gasteiger partial charge in [0.05, 0.1) is 12.3 Å². The second-order valence-corrected chi connectivity index (χ2v) is 9.72. The number of hydrogen-bond acceptors (Lipinski definition) is 6. The molecule has 1 aliphatic rings. The summed E-state index contributed by atoms with van der Waals surface area (Å²) in [6.45, 7) is 1.71. The van der Waals surface area contributed by atoms with E-state index in [4.69, 9.17) is 20.8 Å². The fourth-order valence-electron chi connectivity index (χ4n) is 3.40. The maximum Gasteiger partial charge on any atom is 0.324 e. The van der Waals surface area contributed by atoms with Gasteiger partial charge in [-0.2, -0.15) is 4.31 Å². The van der Waals surface area contributed by atoms with Crippen LogP contribution in [0.2, 0.25) is 5.02 Å². The van der Waals surface area contributed by atoms with E-state index in [1.807, 2.05) is 12.1 Å². The van der Waals surface area contributed by atoms with Crippen molar-refractivity contribution in [2.45, 2.75) is 38.8 Å². The molecule has 0 saturated carbocycles. The van der Waals surface area contributed by atoms with E-state index in [0.717, 1.165) is 5.56 Å². The quantitative estimate of drug-likeness (QED) is 0.567. The lowest BCUT2D eigenvalue weighted by Crippen LogP contribution is -2.43. The SMILES string of the molecule is CCCS(=O)(=O)N1CCCC1C(=O)OCC(=O)NCc1ccc(-c2ccc(Cl)cc2)o1. The predicted molar refractivity (Wildman–Crippen MR) is 116 cm³/mol. The van der Waals surface area contributed by atoms with E-state index in [0.29, 0.717) is 42.4 Å². The Hall–Kier alpha value is -2.36. The molecule has 1 aromatic heterocycles. The molecule has 8 nitrogen and oxygen atoms in total. The van der Waals surface area contributed by atoms with Gasteiger partial charge in [-0.25, -0.2) is 8.42 Å². The van der Waals surface area contributed by atoms with Crippen molar-refractivity contribution in [3.8, 4) is 11.3 Å². The van der Waals surface area contributed by atoms with Crippen LogP contribution in [-0.2, 0) is 30.9 Å². The Balaban J connectivity index is 1.47. The number of hydrogen-bond donors (Lipinski definition) is 1. The topological polar surface area (TPSA) is 106 Å². The molecule has 3 rings (SSSR count). The van der Waals surface area contributed by atoms with Crippen LogP contribution < -0.4 is 5.32 Å². The summed E-state index contributed by atoms with van der Waals surface area (Å²) in [6.07, 6.45) is 1.45. The maximum absolute atomic E-state index is 12.3. The minimum atomic E-state index is -3.50. The fraction of sp³-hybridized carbons (Fsp3) is 0.429. The zero-order valence-corrected chi connectivity index (χ0v) is 18.7. The first-order valence-corrected chi connectivity index (χ1v) is 12.1. The Kier molecular flexibility index (Phi) is 7.74. The van der Waals surface area contributed by atoms with Crippen LogP contribution in [0.25, 0.3) is 11.3 Å². The van der Waals surface area contributed by atoms with Crippen LogP contribution in [0.5, 0.6) is 0 Å². The van der Waals surface area contributed by atoms with E-state index in [2.05, 4.69) is 5.32 Å². The molecule has 0 radical (unpaired) electrons. The van der Waals surface area contributed by atoms with Gasteiger partial charge in [0.1, 0.15) is 17.6 Å². The first-order chi connectivity index (χ1) is 14.8. The average molecular weight is 469 g/mol. The monoisotopic (exact) mass is 468 g/mol. The number of furan rings is 1. The van der Waals surface area contributed by atoms with Gasteiger partial charge >= 0.3 is 5.97 Å². The van der Waals surface area contributed by atoms with Gasteiger partial charge in [-0.15, -0.1) is 0 Å². The number of amides is 1. The third-order valence-corrected chi connectivity index (χ3v) is 7.22. The second-order valence-electron chi connectivity index (χ2n) is 7.24. The smallest absolute Gasteiger partial charge is 0.324 e. The van der Waals surface area contributed by atoms with Crippen molar-refractivity contribution in [1.29, 1.82) is 0 Å². The van der Waals surface area contributed by atoms with Crippen LogP contribution in [0.3, 0.4) is 0 Å². The largest absolute Gasteiger partial charge is 0.459 e. The molecule has 10 heteroatoms. The molecule has 1 N–H and O–H groups in total. The molecule has 1 saturated heterocycles. The van der Waals surface area contributed by atoms with Gasteiger partial charge in [0.2, 0.25) is 10.0 Å². The van der Waals surface area contributed by atoms with Crippen molar-refractivity contribution in [1.82, 2.24) is 9.62 Å². The summed E-state index contributed by atoms with van der Waals surface area (Å²) >= 11 is 5.88. The Labute approximate surface area is 186 Å². The van der Waals surface area contributed by atoms with E-state index in [9.17, 15) is 18.0 Å². The molecule has 168 valence electrons. The molecule has 1 amide bonds. The molecule has 1 aromatic carbocycles. The van der Waals surface area contributed by atoms with E-state index >= 15 is 0 Å². The molecule has 0 spiro atoms. The van der Waals surface area contributed by atoms with Gasteiger partial charge in [0.15, 0.2) is 6.61 Å². The van der Waals surface area contributed by atoms with Gasteiger partial charge in [0, 0.05) is 17.1 Å². The molecular weight excluding hydrogens is 444 g/mol.